The van der Waals surface area contributed by atoms with Crippen molar-refractivity contribution in [3.63, 3.8) is 0 Å². The second-order valence-electron chi connectivity index (χ2n) is 3.49. The maximum Gasteiger partial charge on any atom is 0.169 e. The van der Waals surface area contributed by atoms with Gasteiger partial charge in [-0.25, -0.2) is 0 Å². The first-order valence-corrected chi connectivity index (χ1v) is 5.11. The Morgan fingerprint density at radius 3 is 2.88 bits per heavy atom. The summed E-state index contributed by atoms with van der Waals surface area (Å²) in [6.45, 7) is 0.828. The van der Waals surface area contributed by atoms with Gasteiger partial charge in [0, 0.05) is 0 Å². The van der Waals surface area contributed by atoms with E-state index >= 15 is 0 Å². The summed E-state index contributed by atoms with van der Waals surface area (Å²) in [7, 11) is 1.55. The Morgan fingerprint density at radius 2 is 2.19 bits per heavy atom. The average molecular weight is 225 g/mol. The summed E-state index contributed by atoms with van der Waals surface area (Å²) in [6, 6.07) is 3.01. The molecule has 0 saturated carbocycles. The van der Waals surface area contributed by atoms with E-state index in [1.165, 1.54) is 0 Å². The van der Waals surface area contributed by atoms with Crippen LogP contribution in [0.2, 0.25) is 0 Å². The SMILES string of the molecule is COc1ccc2c(c1C(N)CO)OCCO2. The average Bonchev–Trinajstić information content (AvgIpc) is 2.36. The fraction of sp³-hybridized carbons (Fsp3) is 0.455. The second kappa shape index (κ2) is 4.59. The lowest BCUT2D eigenvalue weighted by atomic mass is 10.0. The Balaban J connectivity index is 2.51. The fourth-order valence-electron chi connectivity index (χ4n) is 1.74. The molecule has 1 aromatic carbocycles. The summed E-state index contributed by atoms with van der Waals surface area (Å²) >= 11 is 0. The predicted octanol–water partition coefficient (Wildman–Crippen LogP) is 0.459. The molecule has 16 heavy (non-hydrogen) atoms. The van der Waals surface area contributed by atoms with E-state index in [1.54, 1.807) is 19.2 Å². The summed E-state index contributed by atoms with van der Waals surface area (Å²) in [5.74, 6) is 1.82. The molecule has 5 heteroatoms. The molecule has 5 nitrogen and oxygen atoms in total. The molecule has 2 rings (SSSR count). The minimum Gasteiger partial charge on any atom is -0.496 e. The van der Waals surface area contributed by atoms with Crippen molar-refractivity contribution >= 4 is 0 Å². The maximum atomic E-state index is 9.13. The van der Waals surface area contributed by atoms with Crippen molar-refractivity contribution in [2.75, 3.05) is 26.9 Å². The van der Waals surface area contributed by atoms with E-state index in [-0.39, 0.29) is 6.61 Å². The van der Waals surface area contributed by atoms with Crippen molar-refractivity contribution in [3.05, 3.63) is 17.7 Å². The molecule has 0 aromatic heterocycles. The molecule has 1 heterocycles. The molecule has 1 atom stereocenters. The monoisotopic (exact) mass is 225 g/mol. The Labute approximate surface area is 93.7 Å². The van der Waals surface area contributed by atoms with Gasteiger partial charge in [0.1, 0.15) is 19.0 Å². The predicted molar refractivity (Wildman–Crippen MR) is 58.0 cm³/mol. The van der Waals surface area contributed by atoms with Crippen LogP contribution in [0.5, 0.6) is 17.2 Å². The van der Waals surface area contributed by atoms with E-state index in [1.807, 2.05) is 0 Å². The van der Waals surface area contributed by atoms with Gasteiger partial charge in [-0.05, 0) is 12.1 Å². The van der Waals surface area contributed by atoms with E-state index in [2.05, 4.69) is 0 Å². The molecule has 3 N–H and O–H groups in total. The van der Waals surface area contributed by atoms with Crippen molar-refractivity contribution in [1.29, 1.82) is 0 Å². The van der Waals surface area contributed by atoms with Gasteiger partial charge in [-0.3, -0.25) is 0 Å². The fourth-order valence-corrected chi connectivity index (χ4v) is 1.74. The lowest BCUT2D eigenvalue weighted by Gasteiger charge is -2.24. The Bertz CT molecular complexity index is 380. The summed E-state index contributed by atoms with van der Waals surface area (Å²) in [5, 5.41) is 9.13. The van der Waals surface area contributed by atoms with Gasteiger partial charge in [-0.1, -0.05) is 0 Å². The highest BCUT2D eigenvalue weighted by molar-refractivity contribution is 5.56. The van der Waals surface area contributed by atoms with Crippen LogP contribution < -0.4 is 19.9 Å². The normalized spacial score (nSPS) is 15.7. The van der Waals surface area contributed by atoms with Crippen molar-refractivity contribution in [2.45, 2.75) is 6.04 Å². The van der Waals surface area contributed by atoms with Gasteiger partial charge in [0.2, 0.25) is 0 Å². The Morgan fingerprint density at radius 1 is 1.44 bits per heavy atom. The molecule has 88 valence electrons. The molecule has 0 aliphatic carbocycles. The highest BCUT2D eigenvalue weighted by atomic mass is 16.6. The first kappa shape index (κ1) is 11.0. The van der Waals surface area contributed by atoms with Crippen LogP contribution in [-0.4, -0.2) is 32.0 Å². The van der Waals surface area contributed by atoms with E-state index in [0.29, 0.717) is 36.0 Å². The first-order valence-electron chi connectivity index (χ1n) is 5.11. The van der Waals surface area contributed by atoms with Gasteiger partial charge < -0.3 is 25.1 Å². The number of benzene rings is 1. The molecule has 0 fully saturated rings. The zero-order valence-electron chi connectivity index (χ0n) is 9.10. The van der Waals surface area contributed by atoms with Crippen molar-refractivity contribution in [2.24, 2.45) is 5.73 Å². The third kappa shape index (κ3) is 1.79. The highest BCUT2D eigenvalue weighted by Gasteiger charge is 2.23. The zero-order valence-corrected chi connectivity index (χ0v) is 9.10. The minimum absolute atomic E-state index is 0.170. The highest BCUT2D eigenvalue weighted by Crippen LogP contribution is 2.41. The van der Waals surface area contributed by atoms with Gasteiger partial charge in [-0.15, -0.1) is 0 Å². The second-order valence-corrected chi connectivity index (χ2v) is 3.49. The van der Waals surface area contributed by atoms with Crippen LogP contribution in [-0.2, 0) is 0 Å². The molecule has 1 aliphatic rings. The summed E-state index contributed by atoms with van der Waals surface area (Å²) in [6.07, 6.45) is 0. The van der Waals surface area contributed by atoms with E-state index in [4.69, 9.17) is 25.1 Å². The van der Waals surface area contributed by atoms with Crippen LogP contribution >= 0.6 is 0 Å². The smallest absolute Gasteiger partial charge is 0.169 e. The van der Waals surface area contributed by atoms with Gasteiger partial charge in [-0.2, -0.15) is 0 Å². The van der Waals surface area contributed by atoms with Crippen molar-refractivity contribution < 1.29 is 19.3 Å². The van der Waals surface area contributed by atoms with E-state index in [0.717, 1.165) is 0 Å². The molecule has 0 saturated heterocycles. The van der Waals surface area contributed by atoms with Crippen LogP contribution in [0.15, 0.2) is 12.1 Å². The van der Waals surface area contributed by atoms with Crippen LogP contribution in [0.1, 0.15) is 11.6 Å². The summed E-state index contributed by atoms with van der Waals surface area (Å²) in [4.78, 5) is 0. The topological polar surface area (TPSA) is 73.9 Å². The number of hydrogen-bond donors (Lipinski definition) is 2. The number of methoxy groups -OCH3 is 1. The first-order chi connectivity index (χ1) is 7.77. The molecule has 0 bridgehead atoms. The lowest BCUT2D eigenvalue weighted by molar-refractivity contribution is 0.166. The number of ether oxygens (including phenoxy) is 3. The Hall–Kier alpha value is -1.46. The summed E-state index contributed by atoms with van der Waals surface area (Å²) in [5.41, 5.74) is 6.48. The van der Waals surface area contributed by atoms with Crippen LogP contribution in [0.4, 0.5) is 0 Å². The van der Waals surface area contributed by atoms with E-state index in [9.17, 15) is 0 Å². The molecule has 0 spiro atoms. The third-order valence-electron chi connectivity index (χ3n) is 2.49. The number of aliphatic hydroxyl groups excluding tert-OH is 1. The summed E-state index contributed by atoms with van der Waals surface area (Å²) < 4.78 is 16.2. The molecule has 0 radical (unpaired) electrons. The number of aliphatic hydroxyl groups is 1. The molecule has 1 unspecified atom stereocenters. The van der Waals surface area contributed by atoms with Crippen LogP contribution in [0, 0.1) is 0 Å². The zero-order chi connectivity index (χ0) is 11.5. The van der Waals surface area contributed by atoms with Gasteiger partial charge in [0.15, 0.2) is 11.5 Å². The van der Waals surface area contributed by atoms with Crippen LogP contribution in [0.3, 0.4) is 0 Å². The van der Waals surface area contributed by atoms with Gasteiger partial charge >= 0.3 is 0 Å². The standard InChI is InChI=1S/C11H15NO4/c1-14-8-2-3-9-11(16-5-4-15-9)10(8)7(12)6-13/h2-3,7,13H,4-6,12H2,1H3. The van der Waals surface area contributed by atoms with Crippen molar-refractivity contribution in [1.82, 2.24) is 0 Å². The number of fused-ring (bicyclic) bond motifs is 1. The number of rotatable bonds is 3. The van der Waals surface area contributed by atoms with E-state index < -0.39 is 6.04 Å². The molecule has 1 aliphatic heterocycles. The largest absolute Gasteiger partial charge is 0.496 e. The van der Waals surface area contributed by atoms with Gasteiger partial charge in [0.25, 0.3) is 0 Å². The quantitative estimate of drug-likeness (QED) is 0.781. The van der Waals surface area contributed by atoms with Crippen molar-refractivity contribution in [3.8, 4) is 17.2 Å². The molecular formula is C11H15NO4. The molecule has 0 amide bonds. The molecular weight excluding hydrogens is 210 g/mol. The third-order valence-corrected chi connectivity index (χ3v) is 2.49. The molecule has 1 aromatic rings. The van der Waals surface area contributed by atoms with Crippen LogP contribution in [0.25, 0.3) is 0 Å². The number of hydrogen-bond acceptors (Lipinski definition) is 5. The van der Waals surface area contributed by atoms with Gasteiger partial charge in [0.05, 0.1) is 25.3 Å². The maximum absolute atomic E-state index is 9.13. The minimum atomic E-state index is -0.536. The lowest BCUT2D eigenvalue weighted by Crippen LogP contribution is -2.21. The Kier molecular flexibility index (Phi) is 3.17. The number of nitrogens with two attached hydrogens (primary N) is 1.